The van der Waals surface area contributed by atoms with Crippen LogP contribution in [0.15, 0.2) is 85.1 Å². The highest BCUT2D eigenvalue weighted by molar-refractivity contribution is 5.71. The summed E-state index contributed by atoms with van der Waals surface area (Å²) in [6, 6.07) is 0. The number of hydrogen-bond acceptors (Lipinski definition) is 6. The number of unbranched alkanes of at least 4 members (excludes halogenated alkanes) is 39. The van der Waals surface area contributed by atoms with Gasteiger partial charge in [0, 0.05) is 19.3 Å². The van der Waals surface area contributed by atoms with Crippen molar-refractivity contribution in [3.8, 4) is 0 Å². The minimum Gasteiger partial charge on any atom is -0.462 e. The van der Waals surface area contributed by atoms with Crippen LogP contribution in [0.2, 0.25) is 0 Å². The fourth-order valence-electron chi connectivity index (χ4n) is 10.2. The zero-order valence-corrected chi connectivity index (χ0v) is 53.8. The van der Waals surface area contributed by atoms with Gasteiger partial charge in [-0.05, 0) is 96.3 Å². The molecule has 0 aromatic carbocycles. The molecule has 0 radical (unpaired) electrons. The van der Waals surface area contributed by atoms with E-state index in [4.69, 9.17) is 14.2 Å². The van der Waals surface area contributed by atoms with E-state index in [1.807, 2.05) is 0 Å². The van der Waals surface area contributed by atoms with Gasteiger partial charge in [0.2, 0.25) is 0 Å². The standard InChI is InChI=1S/C75H132O6/c1-4-7-10-13-16-19-22-25-28-31-34-36-37-38-40-41-44-47-50-53-56-59-62-65-68-74(77)80-71-72(70-79-73(76)67-64-61-58-55-52-49-46-43-33-30-27-24-21-18-15-12-9-6-3)81-75(78)69-66-63-60-57-54-51-48-45-42-39-35-32-29-26-23-20-17-14-11-8-5-2/h8,11,17,20-21,24,26,29-30,33,35,39,45,48,72H,4-7,9-10,12-16,18-19,22-23,25,27-28,31-32,34,36-38,40-44,46-47,49-71H2,1-3H3/b11-8-,20-17-,24-21-,29-26-,33-30-,39-35-,48-45-. The van der Waals surface area contributed by atoms with Crippen LogP contribution in [-0.2, 0) is 28.6 Å². The lowest BCUT2D eigenvalue weighted by Gasteiger charge is -2.18. The molecular weight excluding hydrogens is 997 g/mol. The zero-order valence-electron chi connectivity index (χ0n) is 53.8. The van der Waals surface area contributed by atoms with E-state index in [9.17, 15) is 14.4 Å². The van der Waals surface area contributed by atoms with E-state index in [0.717, 1.165) is 122 Å². The van der Waals surface area contributed by atoms with E-state index in [1.165, 1.54) is 193 Å². The molecule has 0 rings (SSSR count). The van der Waals surface area contributed by atoms with Crippen molar-refractivity contribution >= 4 is 17.9 Å². The largest absolute Gasteiger partial charge is 0.462 e. The number of carbonyl (C=O) groups is 3. The lowest BCUT2D eigenvalue weighted by Crippen LogP contribution is -2.30. The molecule has 0 aliphatic rings. The van der Waals surface area contributed by atoms with E-state index in [0.29, 0.717) is 19.3 Å². The van der Waals surface area contributed by atoms with Gasteiger partial charge < -0.3 is 14.2 Å². The molecule has 0 heterocycles. The maximum Gasteiger partial charge on any atom is 0.306 e. The molecule has 0 amide bonds. The Morgan fingerprint density at radius 2 is 0.481 bits per heavy atom. The normalized spacial score (nSPS) is 12.6. The van der Waals surface area contributed by atoms with Crippen molar-refractivity contribution in [3.05, 3.63) is 85.1 Å². The summed E-state index contributed by atoms with van der Waals surface area (Å²) in [5, 5.41) is 0. The summed E-state index contributed by atoms with van der Waals surface area (Å²) in [6.07, 6.45) is 91.7. The van der Waals surface area contributed by atoms with Gasteiger partial charge in [0.05, 0.1) is 0 Å². The average molecular weight is 1130 g/mol. The monoisotopic (exact) mass is 1130 g/mol. The highest BCUT2D eigenvalue weighted by Gasteiger charge is 2.19. The molecule has 0 saturated heterocycles. The third-order valence-electron chi connectivity index (χ3n) is 15.4. The predicted molar refractivity (Wildman–Crippen MR) is 353 cm³/mol. The van der Waals surface area contributed by atoms with E-state index in [-0.39, 0.29) is 31.1 Å². The second-order valence-corrected chi connectivity index (χ2v) is 23.4. The number of allylic oxidation sites excluding steroid dienone is 14. The molecule has 0 bridgehead atoms. The van der Waals surface area contributed by atoms with Gasteiger partial charge in [-0.1, -0.05) is 324 Å². The zero-order chi connectivity index (χ0) is 58.5. The number of esters is 3. The van der Waals surface area contributed by atoms with Crippen LogP contribution < -0.4 is 0 Å². The third kappa shape index (κ3) is 67.3. The quantitative estimate of drug-likeness (QED) is 0.0261. The van der Waals surface area contributed by atoms with Gasteiger partial charge in [-0.25, -0.2) is 0 Å². The van der Waals surface area contributed by atoms with Gasteiger partial charge in [-0.15, -0.1) is 0 Å². The van der Waals surface area contributed by atoms with E-state index < -0.39 is 6.10 Å². The number of carbonyl (C=O) groups excluding carboxylic acids is 3. The number of ether oxygens (including phenoxy) is 3. The van der Waals surface area contributed by atoms with Crippen molar-refractivity contribution in [2.24, 2.45) is 0 Å². The van der Waals surface area contributed by atoms with Crippen LogP contribution in [0, 0.1) is 0 Å². The molecule has 1 unspecified atom stereocenters. The number of rotatable bonds is 64. The molecule has 81 heavy (non-hydrogen) atoms. The van der Waals surface area contributed by atoms with Crippen molar-refractivity contribution in [1.29, 1.82) is 0 Å². The molecule has 6 nitrogen and oxygen atoms in total. The fraction of sp³-hybridized carbons (Fsp3) is 0.773. The third-order valence-corrected chi connectivity index (χ3v) is 15.4. The molecule has 1 atom stereocenters. The van der Waals surface area contributed by atoms with Crippen LogP contribution in [0.4, 0.5) is 0 Å². The molecule has 0 saturated carbocycles. The van der Waals surface area contributed by atoms with E-state index >= 15 is 0 Å². The molecule has 0 N–H and O–H groups in total. The second-order valence-electron chi connectivity index (χ2n) is 23.4. The predicted octanol–water partition coefficient (Wildman–Crippen LogP) is 24.2. The van der Waals surface area contributed by atoms with Gasteiger partial charge in [0.25, 0.3) is 0 Å². The first-order valence-electron chi connectivity index (χ1n) is 35.1. The highest BCUT2D eigenvalue weighted by Crippen LogP contribution is 2.18. The first-order chi connectivity index (χ1) is 40.0. The summed E-state index contributed by atoms with van der Waals surface area (Å²) in [5.41, 5.74) is 0. The smallest absolute Gasteiger partial charge is 0.306 e. The first-order valence-corrected chi connectivity index (χ1v) is 35.1. The minimum absolute atomic E-state index is 0.0842. The summed E-state index contributed by atoms with van der Waals surface area (Å²) in [7, 11) is 0. The van der Waals surface area contributed by atoms with Crippen molar-refractivity contribution in [3.63, 3.8) is 0 Å². The molecule has 0 aliphatic carbocycles. The summed E-state index contributed by atoms with van der Waals surface area (Å²) in [5.74, 6) is -0.892. The van der Waals surface area contributed by atoms with Crippen LogP contribution in [0.1, 0.15) is 355 Å². The maximum atomic E-state index is 13.0. The Hall–Kier alpha value is -3.41. The lowest BCUT2D eigenvalue weighted by molar-refractivity contribution is -0.167. The Labute approximate surface area is 503 Å². The molecule has 0 aromatic heterocycles. The van der Waals surface area contributed by atoms with Crippen molar-refractivity contribution in [2.45, 2.75) is 361 Å². The van der Waals surface area contributed by atoms with Crippen molar-refractivity contribution in [1.82, 2.24) is 0 Å². The van der Waals surface area contributed by atoms with Crippen molar-refractivity contribution < 1.29 is 28.6 Å². The summed E-state index contributed by atoms with van der Waals surface area (Å²) in [4.78, 5) is 38.5. The molecule has 0 fully saturated rings. The molecule has 6 heteroatoms. The summed E-state index contributed by atoms with van der Waals surface area (Å²) >= 11 is 0. The summed E-state index contributed by atoms with van der Waals surface area (Å²) < 4.78 is 17.0. The van der Waals surface area contributed by atoms with E-state index in [2.05, 4.69) is 106 Å². The van der Waals surface area contributed by atoms with Gasteiger partial charge in [0.15, 0.2) is 6.10 Å². The van der Waals surface area contributed by atoms with Crippen LogP contribution in [0.5, 0.6) is 0 Å². The Bertz CT molecular complexity index is 1530. The van der Waals surface area contributed by atoms with E-state index in [1.54, 1.807) is 0 Å². The van der Waals surface area contributed by atoms with Crippen LogP contribution in [-0.4, -0.2) is 37.2 Å². The summed E-state index contributed by atoms with van der Waals surface area (Å²) in [6.45, 7) is 6.54. The minimum atomic E-state index is -0.792. The fourth-order valence-corrected chi connectivity index (χ4v) is 10.2. The van der Waals surface area contributed by atoms with Gasteiger partial charge >= 0.3 is 17.9 Å². The highest BCUT2D eigenvalue weighted by atomic mass is 16.6. The van der Waals surface area contributed by atoms with Gasteiger partial charge in [0.1, 0.15) is 13.2 Å². The van der Waals surface area contributed by atoms with Crippen LogP contribution >= 0.6 is 0 Å². The molecule has 0 spiro atoms. The lowest BCUT2D eigenvalue weighted by atomic mass is 10.0. The van der Waals surface area contributed by atoms with Crippen LogP contribution in [0.25, 0.3) is 0 Å². The molecule has 0 aromatic rings. The molecule has 0 aliphatic heterocycles. The molecule has 468 valence electrons. The molecular formula is C75H132O6. The maximum absolute atomic E-state index is 13.0. The Balaban J connectivity index is 4.38. The average Bonchev–Trinajstić information content (AvgIpc) is 3.47. The van der Waals surface area contributed by atoms with Crippen molar-refractivity contribution in [2.75, 3.05) is 13.2 Å². The van der Waals surface area contributed by atoms with Gasteiger partial charge in [-0.2, -0.15) is 0 Å². The Morgan fingerprint density at radius 3 is 0.765 bits per heavy atom. The topological polar surface area (TPSA) is 78.9 Å². The Morgan fingerprint density at radius 1 is 0.259 bits per heavy atom. The second kappa shape index (κ2) is 69.1. The number of hydrogen-bond donors (Lipinski definition) is 0. The van der Waals surface area contributed by atoms with Crippen LogP contribution in [0.3, 0.4) is 0 Å². The first kappa shape index (κ1) is 77.6. The van der Waals surface area contributed by atoms with Gasteiger partial charge in [-0.3, -0.25) is 14.4 Å². The SMILES string of the molecule is CC/C=C\C/C=C\C/C=C\C/C=C\C/C=C\CCCCCCCC(=O)OC(COC(=O)CCCCCCCCC/C=C\C/C=C\CCCCCC)COC(=O)CCCCCCCCCCCCCCCCCCCCCCCCCC. The Kier molecular flexibility index (Phi) is 66.2.